The minimum absolute atomic E-state index is 0.212. The molecule has 9 nitrogen and oxygen atoms in total. The van der Waals surface area contributed by atoms with Crippen LogP contribution in [0.15, 0.2) is 34.7 Å². The zero-order valence-corrected chi connectivity index (χ0v) is 17.2. The van der Waals surface area contributed by atoms with Crippen LogP contribution in [-0.4, -0.2) is 44.1 Å². The summed E-state index contributed by atoms with van der Waals surface area (Å²) < 4.78 is 28.4. The zero-order chi connectivity index (χ0) is 21.6. The Morgan fingerprint density at radius 1 is 1.31 bits per heavy atom. The fraction of sp³-hybridized carbons (Fsp3) is 0.474. The number of nitrogens with one attached hydrogen (secondary N) is 1. The van der Waals surface area contributed by atoms with Crippen molar-refractivity contribution in [3.05, 3.63) is 45.5 Å². The Labute approximate surface area is 169 Å². The molecule has 29 heavy (non-hydrogen) atoms. The number of hydrogen-bond acceptors (Lipinski definition) is 7. The number of allylic oxidation sites excluding steroid dienone is 1. The SMILES string of the molecule is C[C@H](OC(=O)c1ccc(S(C)(=O)=O)c([N+](=O)[O-])c1)C(=O)NCCC1=CCCCC1. The van der Waals surface area contributed by atoms with Gasteiger partial charge in [-0.05, 0) is 51.2 Å². The highest BCUT2D eigenvalue weighted by Crippen LogP contribution is 2.25. The van der Waals surface area contributed by atoms with Crippen molar-refractivity contribution in [2.24, 2.45) is 0 Å². The van der Waals surface area contributed by atoms with E-state index in [9.17, 15) is 28.1 Å². The molecule has 0 radical (unpaired) electrons. The van der Waals surface area contributed by atoms with Crippen LogP contribution in [0.5, 0.6) is 0 Å². The average molecular weight is 424 g/mol. The van der Waals surface area contributed by atoms with E-state index in [0.29, 0.717) is 6.54 Å². The molecule has 2 rings (SSSR count). The summed E-state index contributed by atoms with van der Waals surface area (Å²) in [5, 5.41) is 13.8. The Balaban J connectivity index is 1.97. The van der Waals surface area contributed by atoms with Gasteiger partial charge in [-0.15, -0.1) is 0 Å². The van der Waals surface area contributed by atoms with Gasteiger partial charge < -0.3 is 10.1 Å². The van der Waals surface area contributed by atoms with Crippen molar-refractivity contribution in [1.29, 1.82) is 0 Å². The lowest BCUT2D eigenvalue weighted by molar-refractivity contribution is -0.387. The maximum absolute atomic E-state index is 12.2. The lowest BCUT2D eigenvalue weighted by Crippen LogP contribution is -2.36. The van der Waals surface area contributed by atoms with Gasteiger partial charge in [-0.3, -0.25) is 14.9 Å². The molecule has 1 atom stereocenters. The highest BCUT2D eigenvalue weighted by molar-refractivity contribution is 7.90. The third-order valence-corrected chi connectivity index (χ3v) is 5.72. The van der Waals surface area contributed by atoms with Crippen LogP contribution in [0.3, 0.4) is 0 Å². The summed E-state index contributed by atoms with van der Waals surface area (Å²) in [7, 11) is -3.84. The number of esters is 1. The summed E-state index contributed by atoms with van der Waals surface area (Å²) >= 11 is 0. The number of ether oxygens (including phenoxy) is 1. The second-order valence-electron chi connectivity index (χ2n) is 6.91. The Morgan fingerprint density at radius 2 is 2.03 bits per heavy atom. The number of hydrogen-bond donors (Lipinski definition) is 1. The molecule has 0 bridgehead atoms. The van der Waals surface area contributed by atoms with Crippen LogP contribution < -0.4 is 5.32 Å². The molecule has 0 saturated carbocycles. The number of amides is 1. The molecule has 0 unspecified atom stereocenters. The molecule has 1 aromatic rings. The molecule has 0 aromatic heterocycles. The van der Waals surface area contributed by atoms with E-state index >= 15 is 0 Å². The van der Waals surface area contributed by atoms with E-state index in [1.54, 1.807) is 0 Å². The van der Waals surface area contributed by atoms with E-state index in [1.807, 2.05) is 0 Å². The highest BCUT2D eigenvalue weighted by Gasteiger charge is 2.26. The third kappa shape index (κ3) is 6.38. The first-order valence-corrected chi connectivity index (χ1v) is 11.1. The molecule has 0 fully saturated rings. The molecular weight excluding hydrogens is 400 g/mol. The summed E-state index contributed by atoms with van der Waals surface area (Å²) in [6, 6.07) is 2.93. The Bertz CT molecular complexity index is 938. The van der Waals surface area contributed by atoms with Gasteiger partial charge in [0.1, 0.15) is 4.90 Å². The van der Waals surface area contributed by atoms with E-state index < -0.39 is 43.3 Å². The van der Waals surface area contributed by atoms with Gasteiger partial charge in [0, 0.05) is 18.9 Å². The standard InChI is InChI=1S/C19H24N2O7S/c1-13(18(22)20-11-10-14-6-4-3-5-7-14)28-19(23)15-8-9-17(29(2,26)27)16(12-15)21(24)25/h6,8-9,12-13H,3-5,7,10-11H2,1-2H3,(H,20,22)/t13-/m0/s1. The number of rotatable bonds is 8. The van der Waals surface area contributed by atoms with E-state index in [0.717, 1.165) is 50.1 Å². The van der Waals surface area contributed by atoms with Crippen LogP contribution in [0.1, 0.15) is 49.4 Å². The molecule has 1 N–H and O–H groups in total. The van der Waals surface area contributed by atoms with Gasteiger partial charge in [0.2, 0.25) is 0 Å². The normalized spacial score (nSPS) is 15.2. The maximum atomic E-state index is 12.2. The number of carbonyl (C=O) groups is 2. The van der Waals surface area contributed by atoms with E-state index in [2.05, 4.69) is 11.4 Å². The van der Waals surface area contributed by atoms with Crippen LogP contribution in [0, 0.1) is 10.1 Å². The minimum atomic E-state index is -3.84. The Kier molecular flexibility index (Phi) is 7.49. The predicted octanol–water partition coefficient (Wildman–Crippen LogP) is 2.55. The maximum Gasteiger partial charge on any atom is 0.339 e. The van der Waals surface area contributed by atoms with Crippen LogP contribution >= 0.6 is 0 Å². The van der Waals surface area contributed by atoms with E-state index in [-0.39, 0.29) is 5.56 Å². The van der Waals surface area contributed by atoms with Gasteiger partial charge in [-0.25, -0.2) is 13.2 Å². The van der Waals surface area contributed by atoms with Crippen molar-refractivity contribution in [1.82, 2.24) is 5.32 Å². The summed E-state index contributed by atoms with van der Waals surface area (Å²) in [6.07, 6.45) is 7.09. The summed E-state index contributed by atoms with van der Waals surface area (Å²) in [4.78, 5) is 34.1. The van der Waals surface area contributed by atoms with Crippen molar-refractivity contribution < 1.29 is 27.7 Å². The van der Waals surface area contributed by atoms with Crippen molar-refractivity contribution in [2.75, 3.05) is 12.8 Å². The number of benzene rings is 1. The molecule has 1 amide bonds. The Hall–Kier alpha value is -2.75. The molecule has 1 aliphatic rings. The summed E-state index contributed by atoms with van der Waals surface area (Å²) in [5.41, 5.74) is 0.371. The molecule has 0 saturated heterocycles. The number of sulfone groups is 1. The molecule has 0 heterocycles. The molecule has 10 heteroatoms. The van der Waals surface area contributed by atoms with Gasteiger partial charge in [0.25, 0.3) is 11.6 Å². The van der Waals surface area contributed by atoms with E-state index in [1.165, 1.54) is 18.9 Å². The van der Waals surface area contributed by atoms with Crippen LogP contribution in [-0.2, 0) is 19.4 Å². The summed E-state index contributed by atoms with van der Waals surface area (Å²) in [5.74, 6) is -1.43. The minimum Gasteiger partial charge on any atom is -0.449 e. The lowest BCUT2D eigenvalue weighted by atomic mass is 9.97. The highest BCUT2D eigenvalue weighted by atomic mass is 32.2. The fourth-order valence-corrected chi connectivity index (χ4v) is 3.83. The van der Waals surface area contributed by atoms with Gasteiger partial charge in [-0.2, -0.15) is 0 Å². The number of nitro groups is 1. The third-order valence-electron chi connectivity index (χ3n) is 4.57. The van der Waals surface area contributed by atoms with Gasteiger partial charge in [0.15, 0.2) is 15.9 Å². The number of carbonyl (C=O) groups excluding carboxylic acids is 2. The molecule has 1 aliphatic carbocycles. The van der Waals surface area contributed by atoms with Crippen molar-refractivity contribution in [3.63, 3.8) is 0 Å². The quantitative estimate of drug-likeness (QED) is 0.293. The molecule has 0 spiro atoms. The van der Waals surface area contributed by atoms with Gasteiger partial charge in [0.05, 0.1) is 10.5 Å². The number of nitrogens with zero attached hydrogens (tertiary/aromatic N) is 1. The fourth-order valence-electron chi connectivity index (χ4n) is 3.00. The molecule has 158 valence electrons. The first-order chi connectivity index (χ1) is 13.6. The molecule has 0 aliphatic heterocycles. The van der Waals surface area contributed by atoms with Crippen LogP contribution in [0.25, 0.3) is 0 Å². The Morgan fingerprint density at radius 3 is 2.62 bits per heavy atom. The second kappa shape index (κ2) is 9.64. The predicted molar refractivity (Wildman–Crippen MR) is 105 cm³/mol. The van der Waals surface area contributed by atoms with Crippen LogP contribution in [0.4, 0.5) is 5.69 Å². The zero-order valence-electron chi connectivity index (χ0n) is 16.3. The van der Waals surface area contributed by atoms with Crippen molar-refractivity contribution in [3.8, 4) is 0 Å². The first kappa shape index (κ1) is 22.5. The van der Waals surface area contributed by atoms with Crippen LogP contribution in [0.2, 0.25) is 0 Å². The first-order valence-electron chi connectivity index (χ1n) is 9.24. The van der Waals surface area contributed by atoms with Gasteiger partial charge in [-0.1, -0.05) is 11.6 Å². The second-order valence-corrected chi connectivity index (χ2v) is 8.89. The molecule has 1 aromatic carbocycles. The summed E-state index contributed by atoms with van der Waals surface area (Å²) in [6.45, 7) is 1.83. The van der Waals surface area contributed by atoms with Crippen molar-refractivity contribution in [2.45, 2.75) is 50.0 Å². The number of nitro benzene ring substituents is 1. The smallest absolute Gasteiger partial charge is 0.339 e. The molecular formula is C19H24N2O7S. The lowest BCUT2D eigenvalue weighted by Gasteiger charge is -2.15. The monoisotopic (exact) mass is 424 g/mol. The average Bonchev–Trinajstić information content (AvgIpc) is 2.67. The van der Waals surface area contributed by atoms with E-state index in [4.69, 9.17) is 4.74 Å². The van der Waals surface area contributed by atoms with Gasteiger partial charge >= 0.3 is 5.97 Å². The van der Waals surface area contributed by atoms with Crippen molar-refractivity contribution >= 4 is 27.4 Å². The topological polar surface area (TPSA) is 133 Å². The largest absolute Gasteiger partial charge is 0.449 e.